The fourth-order valence-corrected chi connectivity index (χ4v) is 7.86. The molecule has 3 aromatic heterocycles. The van der Waals surface area contributed by atoms with Crippen LogP contribution >= 0.6 is 0 Å². The molecular formula is C48H31N3. The third kappa shape index (κ3) is 4.12. The summed E-state index contributed by atoms with van der Waals surface area (Å²) >= 11 is 0. The van der Waals surface area contributed by atoms with Gasteiger partial charge in [0.05, 0.1) is 45.4 Å². The molecule has 0 radical (unpaired) electrons. The average molecular weight is 659 g/mol. The molecule has 0 amide bonds. The van der Waals surface area contributed by atoms with E-state index >= 15 is 0 Å². The van der Waals surface area contributed by atoms with Crippen LogP contribution in [-0.4, -0.2) is 13.7 Å². The molecule has 0 spiro atoms. The zero-order valence-corrected chi connectivity index (χ0v) is 27.0. The molecule has 3 heteroatoms. The fourth-order valence-electron chi connectivity index (χ4n) is 7.86. The molecule has 0 saturated carbocycles. The van der Waals surface area contributed by atoms with Gasteiger partial charge in [0.25, 0.3) is 0 Å². The first-order chi connectivity index (χ1) is 29.1. The second-order valence-corrected chi connectivity index (χ2v) is 12.7. The summed E-state index contributed by atoms with van der Waals surface area (Å²) in [7, 11) is 0. The van der Waals surface area contributed by atoms with Crippen molar-refractivity contribution in [3.05, 3.63) is 188 Å². The standard InChI is InChI=1S/C48H31N3/c1-2-13-32(14-3-1)33-15-12-16-34(29-33)51-45-23-10-6-19-39(45)41-27-25-36(31-48(41)51)50-46-24-11-7-20-40(46)42-30-35(26-28-47(42)50)49-43-21-8-4-17-37(43)38-18-5-9-22-44(38)49/h1-31H/i1D,2D,3D,12D,13D,14D,15D,16D,29D. The summed E-state index contributed by atoms with van der Waals surface area (Å²) < 4.78 is 85.1. The number of nitrogens with zero attached hydrogens (tertiary/aromatic N) is 3. The normalized spacial score (nSPS) is 14.4. The second kappa shape index (κ2) is 10.8. The van der Waals surface area contributed by atoms with Crippen molar-refractivity contribution in [2.45, 2.75) is 0 Å². The van der Waals surface area contributed by atoms with E-state index in [0.29, 0.717) is 11.0 Å². The number of hydrogen-bond donors (Lipinski definition) is 0. The van der Waals surface area contributed by atoms with Gasteiger partial charge in [-0.25, -0.2) is 0 Å². The van der Waals surface area contributed by atoms with Crippen molar-refractivity contribution in [3.8, 4) is 28.2 Å². The SMILES string of the molecule is [2H]c1c([2H])c([2H])c(-c2c([2H])c([2H])c([2H])c(-n3c4ccccc4c4ccc(-n5c6ccccc6c6cc(-n7c8ccccc8c8ccccc87)ccc65)cc43)c2[2H])c([2H])c1[2H]. The maximum absolute atomic E-state index is 9.58. The summed E-state index contributed by atoms with van der Waals surface area (Å²) in [5.74, 6) is 0. The number of benzene rings is 8. The van der Waals surface area contributed by atoms with Crippen LogP contribution in [0, 0.1) is 0 Å². The van der Waals surface area contributed by atoms with E-state index in [4.69, 9.17) is 9.60 Å². The number of fused-ring (bicyclic) bond motifs is 9. The Morgan fingerprint density at radius 1 is 0.314 bits per heavy atom. The van der Waals surface area contributed by atoms with Crippen LogP contribution in [-0.2, 0) is 0 Å². The van der Waals surface area contributed by atoms with Crippen molar-refractivity contribution in [2.24, 2.45) is 0 Å². The van der Waals surface area contributed by atoms with E-state index in [-0.39, 0.29) is 28.9 Å². The van der Waals surface area contributed by atoms with Gasteiger partial charge in [0.1, 0.15) is 0 Å². The fraction of sp³-hybridized carbons (Fsp3) is 0. The van der Waals surface area contributed by atoms with Crippen molar-refractivity contribution < 1.29 is 12.3 Å². The monoisotopic (exact) mass is 658 g/mol. The molecule has 0 aliphatic heterocycles. The smallest absolute Gasteiger partial charge is 0.0651 e. The van der Waals surface area contributed by atoms with Crippen LogP contribution in [0.5, 0.6) is 0 Å². The molecule has 238 valence electrons. The van der Waals surface area contributed by atoms with Crippen molar-refractivity contribution in [2.75, 3.05) is 0 Å². The van der Waals surface area contributed by atoms with E-state index in [1.807, 2.05) is 48.5 Å². The summed E-state index contributed by atoms with van der Waals surface area (Å²) in [5.41, 5.74) is 6.63. The van der Waals surface area contributed by atoms with Gasteiger partial charge in [0, 0.05) is 49.4 Å². The summed E-state index contributed by atoms with van der Waals surface area (Å²) in [6, 6.07) is 40.5. The predicted molar refractivity (Wildman–Crippen MR) is 215 cm³/mol. The number of aromatic nitrogens is 3. The zero-order valence-electron chi connectivity index (χ0n) is 36.0. The van der Waals surface area contributed by atoms with Gasteiger partial charge in [-0.15, -0.1) is 0 Å². The van der Waals surface area contributed by atoms with Crippen molar-refractivity contribution in [3.63, 3.8) is 0 Å². The Labute approximate surface area is 307 Å². The summed E-state index contributed by atoms with van der Waals surface area (Å²) in [6.07, 6.45) is 0. The highest BCUT2D eigenvalue weighted by Crippen LogP contribution is 2.39. The third-order valence-electron chi connectivity index (χ3n) is 10.00. The van der Waals surface area contributed by atoms with Crippen LogP contribution in [0.15, 0.2) is 188 Å². The lowest BCUT2D eigenvalue weighted by molar-refractivity contribution is 1.15. The number of hydrogen-bond acceptors (Lipinski definition) is 0. The van der Waals surface area contributed by atoms with E-state index in [9.17, 15) is 2.74 Å². The molecule has 0 aliphatic rings. The minimum Gasteiger partial charge on any atom is -0.309 e. The van der Waals surface area contributed by atoms with Crippen molar-refractivity contribution >= 4 is 65.4 Å². The van der Waals surface area contributed by atoms with Gasteiger partial charge in [-0.1, -0.05) is 121 Å². The first-order valence-corrected chi connectivity index (χ1v) is 16.8. The molecule has 0 fully saturated rings. The summed E-state index contributed by atoms with van der Waals surface area (Å²) in [6.45, 7) is 0. The maximum atomic E-state index is 9.58. The Morgan fingerprint density at radius 2 is 0.765 bits per heavy atom. The van der Waals surface area contributed by atoms with E-state index < -0.39 is 42.3 Å². The Morgan fingerprint density at radius 3 is 1.37 bits per heavy atom. The van der Waals surface area contributed by atoms with Crippen LogP contribution in [0.25, 0.3) is 93.6 Å². The molecule has 51 heavy (non-hydrogen) atoms. The Hall–Kier alpha value is -6.84. The first kappa shape index (κ1) is 20.6. The van der Waals surface area contributed by atoms with Gasteiger partial charge in [-0.05, 0) is 77.8 Å². The van der Waals surface area contributed by atoms with Crippen molar-refractivity contribution in [1.29, 1.82) is 0 Å². The molecule has 0 atom stereocenters. The third-order valence-corrected chi connectivity index (χ3v) is 10.00. The topological polar surface area (TPSA) is 14.8 Å². The van der Waals surface area contributed by atoms with Gasteiger partial charge < -0.3 is 13.7 Å². The Kier molecular flexibility index (Phi) is 4.38. The average Bonchev–Trinajstić information content (AvgIpc) is 3.91. The van der Waals surface area contributed by atoms with Crippen LogP contribution in [0.3, 0.4) is 0 Å². The van der Waals surface area contributed by atoms with Gasteiger partial charge in [0.15, 0.2) is 0 Å². The highest BCUT2D eigenvalue weighted by Gasteiger charge is 2.18. The molecule has 0 N–H and O–H groups in total. The Balaban J connectivity index is 1.18. The highest BCUT2D eigenvalue weighted by molar-refractivity contribution is 6.13. The van der Waals surface area contributed by atoms with Crippen LogP contribution in [0.4, 0.5) is 0 Å². The maximum Gasteiger partial charge on any atom is 0.0651 e. The summed E-state index contributed by atoms with van der Waals surface area (Å²) in [4.78, 5) is 0. The molecule has 11 aromatic rings. The van der Waals surface area contributed by atoms with E-state index in [1.54, 1.807) is 4.57 Å². The molecule has 3 heterocycles. The molecular weight excluding hydrogens is 619 g/mol. The Bertz CT molecular complexity index is 3590. The van der Waals surface area contributed by atoms with Crippen LogP contribution < -0.4 is 0 Å². The lowest BCUT2D eigenvalue weighted by Crippen LogP contribution is -1.98. The lowest BCUT2D eigenvalue weighted by atomic mass is 10.1. The number of para-hydroxylation sites is 4. The second-order valence-electron chi connectivity index (χ2n) is 12.7. The van der Waals surface area contributed by atoms with E-state index in [0.717, 1.165) is 55.0 Å². The first-order valence-electron chi connectivity index (χ1n) is 21.3. The van der Waals surface area contributed by atoms with E-state index in [1.165, 1.54) is 10.8 Å². The minimum absolute atomic E-state index is 0.0285. The van der Waals surface area contributed by atoms with Crippen LogP contribution in [0.1, 0.15) is 12.3 Å². The zero-order chi connectivity index (χ0) is 41.3. The van der Waals surface area contributed by atoms with E-state index in [2.05, 4.69) is 94.1 Å². The van der Waals surface area contributed by atoms with Gasteiger partial charge in [-0.2, -0.15) is 0 Å². The molecule has 8 aromatic carbocycles. The highest BCUT2D eigenvalue weighted by atomic mass is 15.0. The molecule has 0 unspecified atom stereocenters. The van der Waals surface area contributed by atoms with Crippen molar-refractivity contribution in [1.82, 2.24) is 13.7 Å². The molecule has 11 rings (SSSR count). The number of rotatable bonds is 4. The minimum atomic E-state index is -0.609. The van der Waals surface area contributed by atoms with Gasteiger partial charge >= 0.3 is 0 Å². The molecule has 0 bridgehead atoms. The molecule has 0 saturated heterocycles. The predicted octanol–water partition coefficient (Wildman–Crippen LogP) is 12.6. The molecule has 0 aliphatic carbocycles. The quantitative estimate of drug-likeness (QED) is 0.179. The largest absolute Gasteiger partial charge is 0.309 e. The summed E-state index contributed by atoms with van der Waals surface area (Å²) in [5, 5.41) is 6.14. The van der Waals surface area contributed by atoms with Gasteiger partial charge in [-0.3, -0.25) is 0 Å². The molecule has 3 nitrogen and oxygen atoms in total. The van der Waals surface area contributed by atoms with Crippen LogP contribution in [0.2, 0.25) is 0 Å². The lowest BCUT2D eigenvalue weighted by Gasteiger charge is -2.13. The van der Waals surface area contributed by atoms with Gasteiger partial charge in [0.2, 0.25) is 0 Å².